The van der Waals surface area contributed by atoms with Crippen molar-refractivity contribution in [3.8, 4) is 5.75 Å². The van der Waals surface area contributed by atoms with E-state index in [4.69, 9.17) is 9.47 Å². The van der Waals surface area contributed by atoms with Crippen molar-refractivity contribution < 1.29 is 9.47 Å². The minimum Gasteiger partial charge on any atom is -0.493 e. The molecule has 1 atom stereocenters. The monoisotopic (exact) mass is 512 g/mol. The zero-order valence-electron chi connectivity index (χ0n) is 17.7. The third-order valence-electron chi connectivity index (χ3n) is 4.49. The Hall–Kier alpha value is -1.87. The summed E-state index contributed by atoms with van der Waals surface area (Å²) in [6.07, 6.45) is 4.61. The molecule has 0 bridgehead atoms. The highest BCUT2D eigenvalue weighted by atomic mass is 127. The van der Waals surface area contributed by atoms with E-state index in [1.807, 2.05) is 36.5 Å². The number of methoxy groups -OCH3 is 1. The van der Waals surface area contributed by atoms with Crippen molar-refractivity contribution in [2.45, 2.75) is 26.2 Å². The fraction of sp³-hybridized carbons (Fsp3) is 0.455. The minimum absolute atomic E-state index is 0. The summed E-state index contributed by atoms with van der Waals surface area (Å²) in [5.74, 6) is 2.39. The van der Waals surface area contributed by atoms with Gasteiger partial charge < -0.3 is 20.1 Å². The first kappa shape index (κ1) is 25.2. The first-order valence-electron chi connectivity index (χ1n) is 9.73. The van der Waals surface area contributed by atoms with Crippen molar-refractivity contribution >= 4 is 35.6 Å². The molecule has 1 unspecified atom stereocenters. The standard InChI is InChI=1S/C22H32N4O2.HI/c1-17(2)21(18-8-6-11-24-15-18)16-25-22(23-3)26-19-9-5-10-20(14-19)28-13-7-12-27-4;/h5-6,8-11,14-15,17,21H,7,12-13,16H2,1-4H3,(H2,23,25,26);1H. The Morgan fingerprint density at radius 2 is 2.00 bits per heavy atom. The van der Waals surface area contributed by atoms with E-state index in [0.29, 0.717) is 25.0 Å². The van der Waals surface area contributed by atoms with Crippen LogP contribution in [-0.4, -0.2) is 44.9 Å². The molecule has 0 aliphatic rings. The molecular formula is C22H33IN4O2. The Morgan fingerprint density at radius 1 is 1.17 bits per heavy atom. The van der Waals surface area contributed by atoms with Crippen molar-refractivity contribution in [1.29, 1.82) is 0 Å². The molecule has 2 N–H and O–H groups in total. The molecule has 2 rings (SSSR count). The van der Waals surface area contributed by atoms with Crippen molar-refractivity contribution in [1.82, 2.24) is 10.3 Å². The van der Waals surface area contributed by atoms with E-state index in [2.05, 4.69) is 40.5 Å². The van der Waals surface area contributed by atoms with Crippen LogP contribution in [0.2, 0.25) is 0 Å². The molecule has 6 nitrogen and oxygen atoms in total. The number of halogens is 1. The van der Waals surface area contributed by atoms with E-state index < -0.39 is 0 Å². The fourth-order valence-electron chi connectivity index (χ4n) is 2.91. The number of pyridine rings is 1. The highest BCUT2D eigenvalue weighted by Gasteiger charge is 2.16. The number of nitrogens with one attached hydrogen (secondary N) is 2. The number of ether oxygens (including phenoxy) is 2. The minimum atomic E-state index is 0. The Morgan fingerprint density at radius 3 is 2.66 bits per heavy atom. The van der Waals surface area contributed by atoms with Gasteiger partial charge >= 0.3 is 0 Å². The van der Waals surface area contributed by atoms with Gasteiger partial charge in [0.1, 0.15) is 5.75 Å². The van der Waals surface area contributed by atoms with E-state index in [1.54, 1.807) is 20.4 Å². The molecule has 2 aromatic rings. The summed E-state index contributed by atoms with van der Waals surface area (Å²) >= 11 is 0. The van der Waals surface area contributed by atoms with Gasteiger partial charge in [0.15, 0.2) is 5.96 Å². The largest absolute Gasteiger partial charge is 0.493 e. The van der Waals surface area contributed by atoms with Gasteiger partial charge in [-0.15, -0.1) is 24.0 Å². The van der Waals surface area contributed by atoms with Crippen molar-refractivity contribution in [3.05, 3.63) is 54.4 Å². The molecule has 0 spiro atoms. The lowest BCUT2D eigenvalue weighted by Gasteiger charge is -2.23. The van der Waals surface area contributed by atoms with Crippen molar-refractivity contribution in [2.24, 2.45) is 10.9 Å². The zero-order chi connectivity index (χ0) is 20.2. The maximum absolute atomic E-state index is 5.76. The lowest BCUT2D eigenvalue weighted by Crippen LogP contribution is -2.35. The highest BCUT2D eigenvalue weighted by molar-refractivity contribution is 14.0. The number of rotatable bonds is 10. The molecule has 0 saturated carbocycles. The van der Waals surface area contributed by atoms with Crippen LogP contribution < -0.4 is 15.4 Å². The third-order valence-corrected chi connectivity index (χ3v) is 4.49. The third kappa shape index (κ3) is 8.99. The smallest absolute Gasteiger partial charge is 0.195 e. The summed E-state index contributed by atoms with van der Waals surface area (Å²) in [6.45, 7) is 6.55. The van der Waals surface area contributed by atoms with Gasteiger partial charge in [-0.2, -0.15) is 0 Å². The maximum Gasteiger partial charge on any atom is 0.195 e. The molecule has 1 aromatic heterocycles. The first-order valence-corrected chi connectivity index (χ1v) is 9.73. The highest BCUT2D eigenvalue weighted by Crippen LogP contribution is 2.23. The second-order valence-corrected chi connectivity index (χ2v) is 6.94. The fourth-order valence-corrected chi connectivity index (χ4v) is 2.91. The molecule has 0 saturated heterocycles. The zero-order valence-corrected chi connectivity index (χ0v) is 20.1. The molecule has 0 radical (unpaired) electrons. The number of guanidine groups is 1. The predicted molar refractivity (Wildman–Crippen MR) is 131 cm³/mol. The number of hydrogen-bond acceptors (Lipinski definition) is 4. The molecule has 0 aliphatic carbocycles. The Kier molecular flexibility index (Phi) is 12.3. The lowest BCUT2D eigenvalue weighted by molar-refractivity contribution is 0.172. The second kappa shape index (κ2) is 14.2. The number of anilines is 1. The van der Waals surface area contributed by atoms with Crippen LogP contribution in [0.3, 0.4) is 0 Å². The topological polar surface area (TPSA) is 67.8 Å². The molecule has 7 heteroatoms. The quantitative estimate of drug-likeness (QED) is 0.212. The molecule has 0 fully saturated rings. The van der Waals surface area contributed by atoms with Crippen molar-refractivity contribution in [3.63, 3.8) is 0 Å². The summed E-state index contributed by atoms with van der Waals surface area (Å²) in [4.78, 5) is 8.60. The van der Waals surface area contributed by atoms with Gasteiger partial charge in [0.25, 0.3) is 0 Å². The number of benzene rings is 1. The Bertz CT molecular complexity index is 726. The molecule has 1 heterocycles. The predicted octanol–water partition coefficient (Wildman–Crippen LogP) is 4.54. The summed E-state index contributed by atoms with van der Waals surface area (Å²) in [5, 5.41) is 6.77. The maximum atomic E-state index is 5.76. The molecule has 1 aromatic carbocycles. The van der Waals surface area contributed by atoms with Gasteiger partial charge in [-0.3, -0.25) is 9.98 Å². The average molecular weight is 512 g/mol. The van der Waals surface area contributed by atoms with Gasteiger partial charge in [-0.05, 0) is 29.7 Å². The summed E-state index contributed by atoms with van der Waals surface area (Å²) in [6, 6.07) is 12.0. The molecule has 0 amide bonds. The Balaban J connectivity index is 0.00000420. The number of nitrogens with zero attached hydrogens (tertiary/aromatic N) is 2. The normalized spacial score (nSPS) is 12.2. The Labute approximate surface area is 191 Å². The average Bonchev–Trinajstić information content (AvgIpc) is 2.71. The second-order valence-electron chi connectivity index (χ2n) is 6.94. The van der Waals surface area contributed by atoms with Crippen molar-refractivity contribution in [2.75, 3.05) is 39.2 Å². The number of aromatic nitrogens is 1. The summed E-state index contributed by atoms with van der Waals surface area (Å²) < 4.78 is 10.8. The molecular weight excluding hydrogens is 479 g/mol. The molecule has 160 valence electrons. The lowest BCUT2D eigenvalue weighted by atomic mass is 9.89. The summed E-state index contributed by atoms with van der Waals surface area (Å²) in [7, 11) is 3.47. The SMILES string of the molecule is CN=C(NCC(c1cccnc1)C(C)C)Nc1cccc(OCCCOC)c1.I. The van der Waals surface area contributed by atoms with Gasteiger partial charge in [0.05, 0.1) is 6.61 Å². The van der Waals surface area contributed by atoms with Gasteiger partial charge in [0, 0.05) is 63.8 Å². The van der Waals surface area contributed by atoms with Crippen LogP contribution in [0.5, 0.6) is 5.75 Å². The van der Waals surface area contributed by atoms with Gasteiger partial charge in [0.2, 0.25) is 0 Å². The van der Waals surface area contributed by atoms with E-state index in [-0.39, 0.29) is 24.0 Å². The first-order chi connectivity index (χ1) is 13.6. The van der Waals surface area contributed by atoms with Crippen LogP contribution in [0.4, 0.5) is 5.69 Å². The van der Waals surface area contributed by atoms with Gasteiger partial charge in [-0.1, -0.05) is 26.0 Å². The van der Waals surface area contributed by atoms with E-state index >= 15 is 0 Å². The number of hydrogen-bond donors (Lipinski definition) is 2. The van der Waals surface area contributed by atoms with E-state index in [9.17, 15) is 0 Å². The van der Waals surface area contributed by atoms with Crippen LogP contribution in [0.25, 0.3) is 0 Å². The van der Waals surface area contributed by atoms with Crippen LogP contribution in [-0.2, 0) is 4.74 Å². The molecule has 0 aliphatic heterocycles. The van der Waals surface area contributed by atoms with Crippen LogP contribution in [0.1, 0.15) is 31.7 Å². The number of aliphatic imine (C=N–C) groups is 1. The van der Waals surface area contributed by atoms with Crippen LogP contribution in [0.15, 0.2) is 53.8 Å². The van der Waals surface area contributed by atoms with Gasteiger partial charge in [-0.25, -0.2) is 0 Å². The van der Waals surface area contributed by atoms with E-state index in [0.717, 1.165) is 30.4 Å². The summed E-state index contributed by atoms with van der Waals surface area (Å²) in [5.41, 5.74) is 2.16. The van der Waals surface area contributed by atoms with E-state index in [1.165, 1.54) is 5.56 Å². The molecule has 29 heavy (non-hydrogen) atoms. The van der Waals surface area contributed by atoms with Crippen LogP contribution in [0, 0.1) is 5.92 Å². The van der Waals surface area contributed by atoms with Crippen LogP contribution >= 0.6 is 24.0 Å².